The summed E-state index contributed by atoms with van der Waals surface area (Å²) in [5.41, 5.74) is 11.4. The summed E-state index contributed by atoms with van der Waals surface area (Å²) in [6, 6.07) is 13.6. The number of esters is 1. The Morgan fingerprint density at radius 1 is 1.15 bits per heavy atom. The minimum absolute atomic E-state index is 0.0867. The maximum atomic E-state index is 11.7. The molecule has 2 aromatic carbocycles. The molecule has 3 rings (SSSR count). The van der Waals surface area contributed by atoms with E-state index in [0.29, 0.717) is 12.2 Å². The Balaban J connectivity index is 1.83. The van der Waals surface area contributed by atoms with Crippen LogP contribution < -0.4 is 5.73 Å². The quantitative estimate of drug-likeness (QED) is 0.650. The summed E-state index contributed by atoms with van der Waals surface area (Å²) in [4.78, 5) is 11.7. The van der Waals surface area contributed by atoms with Gasteiger partial charge in [-0.15, -0.1) is 0 Å². The van der Waals surface area contributed by atoms with Crippen molar-refractivity contribution in [3.8, 4) is 11.8 Å². The Morgan fingerprint density at radius 2 is 1.81 bits per heavy atom. The van der Waals surface area contributed by atoms with Crippen LogP contribution in [0.3, 0.4) is 0 Å². The smallest absolute Gasteiger partial charge is 0.338 e. The van der Waals surface area contributed by atoms with E-state index < -0.39 is 0 Å². The van der Waals surface area contributed by atoms with Crippen LogP contribution in [0.1, 0.15) is 72.3 Å². The number of nitrogens with two attached hydrogens (primary N) is 1. The van der Waals surface area contributed by atoms with Gasteiger partial charge in [0.15, 0.2) is 0 Å². The highest BCUT2D eigenvalue weighted by Gasteiger charge is 2.30. The minimum Gasteiger partial charge on any atom is -0.462 e. The van der Waals surface area contributed by atoms with Crippen LogP contribution >= 0.6 is 0 Å². The van der Waals surface area contributed by atoms with E-state index in [9.17, 15) is 4.79 Å². The summed E-state index contributed by atoms with van der Waals surface area (Å²) >= 11 is 0. The van der Waals surface area contributed by atoms with Crippen LogP contribution in [-0.2, 0) is 10.2 Å². The van der Waals surface area contributed by atoms with Crippen molar-refractivity contribution >= 4 is 5.97 Å². The first-order valence-electron chi connectivity index (χ1n) is 9.10. The molecule has 0 saturated carbocycles. The van der Waals surface area contributed by atoms with Gasteiger partial charge in [-0.3, -0.25) is 0 Å². The summed E-state index contributed by atoms with van der Waals surface area (Å²) in [6.07, 6.45) is 2.12. The van der Waals surface area contributed by atoms with E-state index in [4.69, 9.17) is 10.5 Å². The van der Waals surface area contributed by atoms with Crippen LogP contribution in [0.25, 0.3) is 0 Å². The molecule has 0 saturated heterocycles. The van der Waals surface area contributed by atoms with Crippen molar-refractivity contribution in [2.24, 2.45) is 5.73 Å². The van der Waals surface area contributed by atoms with Crippen LogP contribution in [0.15, 0.2) is 42.5 Å². The predicted octanol–water partition coefficient (Wildman–Crippen LogP) is 4.33. The zero-order chi connectivity index (χ0) is 18.7. The Labute approximate surface area is 155 Å². The molecule has 1 aliphatic carbocycles. The van der Waals surface area contributed by atoms with Crippen molar-refractivity contribution in [1.29, 1.82) is 0 Å². The molecule has 134 valence electrons. The largest absolute Gasteiger partial charge is 0.462 e. The van der Waals surface area contributed by atoms with Gasteiger partial charge in [0, 0.05) is 17.2 Å². The molecular formula is C23H25NO2. The number of hydrogen-bond acceptors (Lipinski definition) is 3. The first kappa shape index (κ1) is 18.2. The monoisotopic (exact) mass is 347 g/mol. The lowest BCUT2D eigenvalue weighted by molar-refractivity contribution is 0.0526. The van der Waals surface area contributed by atoms with Crippen molar-refractivity contribution in [3.63, 3.8) is 0 Å². The van der Waals surface area contributed by atoms with Crippen LogP contribution in [0, 0.1) is 11.8 Å². The average molecular weight is 347 g/mol. The Morgan fingerprint density at radius 3 is 2.50 bits per heavy atom. The molecule has 0 aliphatic heterocycles. The van der Waals surface area contributed by atoms with Crippen molar-refractivity contribution in [3.05, 3.63) is 70.3 Å². The van der Waals surface area contributed by atoms with Gasteiger partial charge in [-0.05, 0) is 72.7 Å². The number of fused-ring (bicyclic) bond motifs is 1. The van der Waals surface area contributed by atoms with E-state index >= 15 is 0 Å². The zero-order valence-electron chi connectivity index (χ0n) is 15.6. The van der Waals surface area contributed by atoms with Gasteiger partial charge in [0.05, 0.1) is 12.2 Å². The highest BCUT2D eigenvalue weighted by molar-refractivity contribution is 5.89. The molecule has 1 unspecified atom stereocenters. The van der Waals surface area contributed by atoms with E-state index in [0.717, 1.165) is 24.0 Å². The second kappa shape index (κ2) is 7.35. The molecule has 26 heavy (non-hydrogen) atoms. The Kier molecular flexibility index (Phi) is 5.15. The highest BCUT2D eigenvalue weighted by Crippen LogP contribution is 2.40. The fraction of sp³-hybridized carbons (Fsp3) is 0.348. The molecule has 3 heteroatoms. The Bertz CT molecular complexity index is 869. The van der Waals surface area contributed by atoms with Gasteiger partial charge in [-0.2, -0.15) is 0 Å². The third kappa shape index (κ3) is 3.81. The van der Waals surface area contributed by atoms with Gasteiger partial charge in [0.25, 0.3) is 0 Å². The van der Waals surface area contributed by atoms with Crippen LogP contribution in [0.4, 0.5) is 0 Å². The third-order valence-corrected chi connectivity index (χ3v) is 5.01. The first-order chi connectivity index (χ1) is 12.4. The van der Waals surface area contributed by atoms with Gasteiger partial charge in [0.2, 0.25) is 0 Å². The molecule has 0 aromatic heterocycles. The lowest BCUT2D eigenvalue weighted by Gasteiger charge is -2.35. The topological polar surface area (TPSA) is 52.3 Å². The number of benzene rings is 2. The normalized spacial score (nSPS) is 17.6. The lowest BCUT2D eigenvalue weighted by atomic mass is 9.71. The molecule has 2 aromatic rings. The van der Waals surface area contributed by atoms with E-state index in [1.165, 1.54) is 11.1 Å². The molecule has 0 amide bonds. The van der Waals surface area contributed by atoms with Crippen LogP contribution in [0.2, 0.25) is 0 Å². The number of ether oxygens (including phenoxy) is 1. The summed E-state index contributed by atoms with van der Waals surface area (Å²) in [6.45, 7) is 6.71. The van der Waals surface area contributed by atoms with E-state index in [-0.39, 0.29) is 17.4 Å². The maximum Gasteiger partial charge on any atom is 0.338 e. The lowest BCUT2D eigenvalue weighted by Crippen LogP contribution is -2.29. The molecule has 0 bridgehead atoms. The van der Waals surface area contributed by atoms with Crippen LogP contribution in [0.5, 0.6) is 0 Å². The van der Waals surface area contributed by atoms with E-state index in [1.807, 2.05) is 12.1 Å². The SMILES string of the molecule is CCOC(=O)c1ccc(C#Cc2ccc3c(c2)C(N)CCC3(C)C)cc1. The van der Waals surface area contributed by atoms with Gasteiger partial charge < -0.3 is 10.5 Å². The number of carbonyl (C=O) groups is 1. The molecular weight excluding hydrogens is 322 g/mol. The number of carbonyl (C=O) groups excluding carboxylic acids is 1. The standard InChI is InChI=1S/C23H25NO2/c1-4-26-22(25)18-10-7-16(8-11-18)5-6-17-9-12-20-19(15-17)21(24)13-14-23(20,2)3/h7-12,15,21H,4,13-14,24H2,1-3H3. The molecule has 0 heterocycles. The average Bonchev–Trinajstić information content (AvgIpc) is 2.64. The number of hydrogen-bond donors (Lipinski definition) is 1. The summed E-state index contributed by atoms with van der Waals surface area (Å²) in [5.74, 6) is 6.06. The van der Waals surface area contributed by atoms with Crippen LogP contribution in [-0.4, -0.2) is 12.6 Å². The molecule has 0 fully saturated rings. The summed E-state index contributed by atoms with van der Waals surface area (Å²) in [7, 11) is 0. The fourth-order valence-corrected chi connectivity index (χ4v) is 3.42. The molecule has 0 spiro atoms. The third-order valence-electron chi connectivity index (χ3n) is 5.01. The van der Waals surface area contributed by atoms with Gasteiger partial charge in [-0.1, -0.05) is 31.8 Å². The first-order valence-corrected chi connectivity index (χ1v) is 9.10. The molecule has 3 nitrogen and oxygen atoms in total. The number of rotatable bonds is 2. The molecule has 0 radical (unpaired) electrons. The van der Waals surface area contributed by atoms with Crippen molar-refractivity contribution < 1.29 is 9.53 Å². The van der Waals surface area contributed by atoms with Crippen molar-refractivity contribution in [2.45, 2.75) is 45.1 Å². The molecule has 2 N–H and O–H groups in total. The van der Waals surface area contributed by atoms with E-state index in [2.05, 4.69) is 43.9 Å². The zero-order valence-corrected chi connectivity index (χ0v) is 15.6. The molecule has 1 aliphatic rings. The fourth-order valence-electron chi connectivity index (χ4n) is 3.42. The maximum absolute atomic E-state index is 11.7. The second-order valence-electron chi connectivity index (χ2n) is 7.38. The highest BCUT2D eigenvalue weighted by atomic mass is 16.5. The van der Waals surface area contributed by atoms with Gasteiger partial charge in [-0.25, -0.2) is 4.79 Å². The Hall–Kier alpha value is -2.57. The summed E-state index contributed by atoms with van der Waals surface area (Å²) < 4.78 is 4.99. The minimum atomic E-state index is -0.307. The van der Waals surface area contributed by atoms with Gasteiger partial charge in [0.1, 0.15) is 0 Å². The van der Waals surface area contributed by atoms with E-state index in [1.54, 1.807) is 19.1 Å². The predicted molar refractivity (Wildman–Crippen MR) is 104 cm³/mol. The van der Waals surface area contributed by atoms with Crippen molar-refractivity contribution in [2.75, 3.05) is 6.61 Å². The second-order valence-corrected chi connectivity index (χ2v) is 7.38. The summed E-state index contributed by atoms with van der Waals surface area (Å²) in [5, 5.41) is 0. The molecule has 1 atom stereocenters. The van der Waals surface area contributed by atoms with Gasteiger partial charge >= 0.3 is 5.97 Å². The van der Waals surface area contributed by atoms with Crippen molar-refractivity contribution in [1.82, 2.24) is 0 Å².